The smallest absolute Gasteiger partial charge is 0.306 e. The summed E-state index contributed by atoms with van der Waals surface area (Å²) in [5, 5.41) is 0. The lowest BCUT2D eigenvalue weighted by atomic mass is 10.0. The van der Waals surface area contributed by atoms with Gasteiger partial charge in [-0.25, -0.2) is 0 Å². The molecule has 0 rings (SSSR count). The molecule has 0 aromatic heterocycles. The summed E-state index contributed by atoms with van der Waals surface area (Å²) >= 11 is 0. The first-order chi connectivity index (χ1) is 43.0. The standard InChI is InChI=1S/C78H140NO8P/c1-6-8-10-12-14-16-18-20-22-24-26-28-30-32-34-36-38-39-41-43-45-47-49-51-53-55-57-59-61-63-65-67-69-71-78(81)87-76(75-86-88(82,83)85-73-72-79(3,4)5)74-84-77(80)70-68-66-64-62-60-58-56-54-52-50-48-46-44-42-40-37-35-33-31-29-27-25-23-21-19-17-15-13-11-9-7-2/h8,10,14,16,19-22,25-28,32,34,38-39,76H,6-7,9,11-13,15,17-18,23-24,29-31,33,35-37,40-75H2,1-5H3/b10-8-,16-14-,21-19-,22-20-,27-25-,28-26-,34-32-,39-38-. The van der Waals surface area contributed by atoms with Crippen molar-refractivity contribution in [2.24, 2.45) is 0 Å². The van der Waals surface area contributed by atoms with Gasteiger partial charge in [-0.1, -0.05) is 323 Å². The number of phosphoric acid groups is 1. The predicted molar refractivity (Wildman–Crippen MR) is 379 cm³/mol. The Hall–Kier alpha value is -3.07. The van der Waals surface area contributed by atoms with Crippen LogP contribution in [-0.2, 0) is 32.7 Å². The molecule has 0 spiro atoms. The van der Waals surface area contributed by atoms with E-state index in [2.05, 4.69) is 111 Å². The van der Waals surface area contributed by atoms with Crippen LogP contribution in [0.3, 0.4) is 0 Å². The van der Waals surface area contributed by atoms with Crippen LogP contribution < -0.4 is 4.89 Å². The third-order valence-electron chi connectivity index (χ3n) is 16.1. The Kier molecular flexibility index (Phi) is 65.9. The molecule has 0 aromatic rings. The van der Waals surface area contributed by atoms with Crippen molar-refractivity contribution in [2.75, 3.05) is 47.5 Å². The number of likely N-dealkylation sites (N-methyl/N-ethyl adjacent to an activating group) is 1. The third-order valence-corrected chi connectivity index (χ3v) is 17.1. The third kappa shape index (κ3) is 72.0. The summed E-state index contributed by atoms with van der Waals surface area (Å²) in [6.07, 6.45) is 95.0. The van der Waals surface area contributed by atoms with Gasteiger partial charge in [0, 0.05) is 12.8 Å². The molecule has 88 heavy (non-hydrogen) atoms. The van der Waals surface area contributed by atoms with Gasteiger partial charge in [0.25, 0.3) is 7.82 Å². The highest BCUT2D eigenvalue weighted by Gasteiger charge is 2.22. The highest BCUT2D eigenvalue weighted by atomic mass is 31.2. The summed E-state index contributed by atoms with van der Waals surface area (Å²) in [4.78, 5) is 38.1. The quantitative estimate of drug-likeness (QED) is 0.0195. The minimum Gasteiger partial charge on any atom is -0.756 e. The van der Waals surface area contributed by atoms with Crippen LogP contribution >= 0.6 is 7.82 Å². The molecule has 0 amide bonds. The Morgan fingerprint density at radius 1 is 0.364 bits per heavy atom. The van der Waals surface area contributed by atoms with E-state index in [1.165, 1.54) is 218 Å². The summed E-state index contributed by atoms with van der Waals surface area (Å²) in [5.41, 5.74) is 0. The van der Waals surface area contributed by atoms with Gasteiger partial charge in [0.2, 0.25) is 0 Å². The second kappa shape index (κ2) is 68.3. The molecule has 0 N–H and O–H groups in total. The van der Waals surface area contributed by atoms with Gasteiger partial charge in [0.15, 0.2) is 6.10 Å². The van der Waals surface area contributed by atoms with Crippen molar-refractivity contribution >= 4 is 19.8 Å². The zero-order valence-electron chi connectivity index (χ0n) is 58.2. The number of allylic oxidation sites excluding steroid dienone is 16. The molecule has 0 aromatic carbocycles. The van der Waals surface area contributed by atoms with Gasteiger partial charge in [-0.2, -0.15) is 0 Å². The van der Waals surface area contributed by atoms with E-state index in [1.54, 1.807) is 0 Å². The lowest BCUT2D eigenvalue weighted by Crippen LogP contribution is -2.37. The molecule has 9 nitrogen and oxygen atoms in total. The number of carbonyl (C=O) groups is 2. The zero-order valence-corrected chi connectivity index (χ0v) is 59.1. The fourth-order valence-corrected chi connectivity index (χ4v) is 11.2. The van der Waals surface area contributed by atoms with Crippen molar-refractivity contribution in [3.8, 4) is 0 Å². The van der Waals surface area contributed by atoms with Gasteiger partial charge in [-0.15, -0.1) is 0 Å². The molecular weight excluding hydrogens is 1110 g/mol. The van der Waals surface area contributed by atoms with E-state index in [9.17, 15) is 19.0 Å². The van der Waals surface area contributed by atoms with Gasteiger partial charge < -0.3 is 27.9 Å². The molecular formula is C78H140NO8P. The molecule has 0 fully saturated rings. The monoisotopic (exact) mass is 1250 g/mol. The SMILES string of the molecule is CC/C=C\C/C=C\C/C=C\C/C=C\C/C=C\C/C=C\CCCCCCCCCCCCCCCCC(=O)OC(COC(=O)CCCCCCCCCCCCCCCCCCCCC/C=C\C/C=C\CCCCCCC)COP(=O)([O-])OCC[N+](C)(C)C. The van der Waals surface area contributed by atoms with Gasteiger partial charge in [0.1, 0.15) is 19.8 Å². The number of carbonyl (C=O) groups excluding carboxylic acids is 2. The van der Waals surface area contributed by atoms with Crippen LogP contribution in [0.15, 0.2) is 97.2 Å². The molecule has 0 aliphatic rings. The molecule has 2 atom stereocenters. The number of quaternary nitrogens is 1. The van der Waals surface area contributed by atoms with Crippen LogP contribution in [0.4, 0.5) is 0 Å². The molecule has 0 saturated carbocycles. The average molecular weight is 1250 g/mol. The zero-order chi connectivity index (χ0) is 64.1. The maximum Gasteiger partial charge on any atom is 0.306 e. The van der Waals surface area contributed by atoms with Crippen LogP contribution in [0.25, 0.3) is 0 Å². The van der Waals surface area contributed by atoms with E-state index in [-0.39, 0.29) is 32.0 Å². The molecule has 0 radical (unpaired) electrons. The number of nitrogens with zero attached hydrogens (tertiary/aromatic N) is 1. The predicted octanol–water partition coefficient (Wildman–Crippen LogP) is 23.6. The highest BCUT2D eigenvalue weighted by Crippen LogP contribution is 2.38. The maximum atomic E-state index is 12.9. The first-order valence-electron chi connectivity index (χ1n) is 36.9. The fourth-order valence-electron chi connectivity index (χ4n) is 10.5. The van der Waals surface area contributed by atoms with Crippen molar-refractivity contribution in [1.82, 2.24) is 0 Å². The lowest BCUT2D eigenvalue weighted by Gasteiger charge is -2.28. The Balaban J connectivity index is 4.01. The van der Waals surface area contributed by atoms with Crippen molar-refractivity contribution in [2.45, 2.75) is 341 Å². The van der Waals surface area contributed by atoms with Crippen molar-refractivity contribution in [3.05, 3.63) is 97.2 Å². The topological polar surface area (TPSA) is 111 Å². The summed E-state index contributed by atoms with van der Waals surface area (Å²) in [6.45, 7) is 4.16. The minimum absolute atomic E-state index is 0.0324. The number of hydrogen-bond acceptors (Lipinski definition) is 8. The van der Waals surface area contributed by atoms with E-state index in [1.807, 2.05) is 21.1 Å². The van der Waals surface area contributed by atoms with Gasteiger partial charge in [-0.3, -0.25) is 14.2 Å². The molecule has 2 unspecified atom stereocenters. The number of phosphoric ester groups is 1. The van der Waals surface area contributed by atoms with Crippen LogP contribution in [0.1, 0.15) is 335 Å². The highest BCUT2D eigenvalue weighted by molar-refractivity contribution is 7.45. The second-order valence-corrected chi connectivity index (χ2v) is 27.3. The molecule has 0 aliphatic heterocycles. The molecule has 510 valence electrons. The van der Waals surface area contributed by atoms with E-state index in [0.29, 0.717) is 17.4 Å². The van der Waals surface area contributed by atoms with Crippen molar-refractivity contribution < 1.29 is 42.1 Å². The summed E-state index contributed by atoms with van der Waals surface area (Å²) in [6, 6.07) is 0. The van der Waals surface area contributed by atoms with E-state index >= 15 is 0 Å². The average Bonchev–Trinajstić information content (AvgIpc) is 3.56. The van der Waals surface area contributed by atoms with Gasteiger partial charge in [-0.05, 0) is 96.3 Å². The largest absolute Gasteiger partial charge is 0.756 e. The summed E-state index contributed by atoms with van der Waals surface area (Å²) < 4.78 is 34.4. The van der Waals surface area contributed by atoms with Crippen LogP contribution in [0.2, 0.25) is 0 Å². The van der Waals surface area contributed by atoms with Gasteiger partial charge >= 0.3 is 11.9 Å². The molecule has 0 aliphatic carbocycles. The van der Waals surface area contributed by atoms with Gasteiger partial charge in [0.05, 0.1) is 27.7 Å². The molecule has 0 saturated heterocycles. The Bertz CT molecular complexity index is 1810. The fraction of sp³-hybridized carbons (Fsp3) is 0.769. The Morgan fingerprint density at radius 3 is 0.966 bits per heavy atom. The van der Waals surface area contributed by atoms with Crippen molar-refractivity contribution in [1.29, 1.82) is 0 Å². The second-order valence-electron chi connectivity index (χ2n) is 25.9. The number of unbranched alkanes of at least 4 members (excludes halogenated alkanes) is 38. The molecule has 0 bridgehead atoms. The number of rotatable bonds is 68. The van der Waals surface area contributed by atoms with E-state index < -0.39 is 26.5 Å². The lowest BCUT2D eigenvalue weighted by molar-refractivity contribution is -0.870. The van der Waals surface area contributed by atoms with E-state index in [0.717, 1.165) is 83.5 Å². The van der Waals surface area contributed by atoms with Crippen LogP contribution in [0, 0.1) is 0 Å². The summed E-state index contributed by atoms with van der Waals surface area (Å²) in [7, 11) is 1.17. The number of ether oxygens (including phenoxy) is 2. The molecule has 10 heteroatoms. The van der Waals surface area contributed by atoms with Crippen molar-refractivity contribution in [3.63, 3.8) is 0 Å². The summed E-state index contributed by atoms with van der Waals surface area (Å²) in [5.74, 6) is -0.823. The van der Waals surface area contributed by atoms with Crippen LogP contribution in [0.5, 0.6) is 0 Å². The van der Waals surface area contributed by atoms with Crippen LogP contribution in [-0.4, -0.2) is 70.0 Å². The normalized spacial score (nSPS) is 13.7. The Labute approximate surface area is 544 Å². The maximum absolute atomic E-state index is 12.9. The first kappa shape index (κ1) is 84.9. The first-order valence-corrected chi connectivity index (χ1v) is 38.4. The van der Waals surface area contributed by atoms with E-state index in [4.69, 9.17) is 18.5 Å². The Morgan fingerprint density at radius 2 is 0.648 bits per heavy atom. The number of hydrogen-bond donors (Lipinski definition) is 0. The number of esters is 2. The minimum atomic E-state index is -4.65. The molecule has 0 heterocycles.